The second kappa shape index (κ2) is 7.11. The molecule has 7 nitrogen and oxygen atoms in total. The van der Waals surface area contributed by atoms with Gasteiger partial charge >= 0.3 is 0 Å². The highest BCUT2D eigenvalue weighted by atomic mass is 32.2. The number of pyridine rings is 1. The Bertz CT molecular complexity index is 1140. The van der Waals surface area contributed by atoms with Crippen LogP contribution in [0.5, 0.6) is 5.75 Å². The van der Waals surface area contributed by atoms with Crippen LogP contribution in [-0.4, -0.2) is 32.9 Å². The lowest BCUT2D eigenvalue weighted by Gasteiger charge is -2.20. The SMILES string of the molecule is CC(C)n1ncnc1N1CC2=C(CCOc3cc(-c4ccc(=O)[nH]c4)ccc32)S1. The van der Waals surface area contributed by atoms with Crippen LogP contribution in [0.3, 0.4) is 0 Å². The van der Waals surface area contributed by atoms with Gasteiger partial charge in [-0.1, -0.05) is 12.1 Å². The fraction of sp³-hybridized carbons (Fsp3) is 0.286. The predicted octanol–water partition coefficient (Wildman–Crippen LogP) is 3.88. The van der Waals surface area contributed by atoms with Crippen LogP contribution in [0.15, 0.2) is 52.6 Å². The van der Waals surface area contributed by atoms with E-state index in [4.69, 9.17) is 4.74 Å². The highest BCUT2D eigenvalue weighted by molar-refractivity contribution is 8.04. The summed E-state index contributed by atoms with van der Waals surface area (Å²) in [6.07, 6.45) is 4.22. The lowest BCUT2D eigenvalue weighted by molar-refractivity contribution is 0.326. The summed E-state index contributed by atoms with van der Waals surface area (Å²) in [6, 6.07) is 9.88. The van der Waals surface area contributed by atoms with Crippen molar-refractivity contribution in [1.82, 2.24) is 19.7 Å². The Labute approximate surface area is 172 Å². The summed E-state index contributed by atoms with van der Waals surface area (Å²) >= 11 is 1.73. The average Bonchev–Trinajstić information content (AvgIpc) is 3.33. The van der Waals surface area contributed by atoms with Crippen molar-refractivity contribution >= 4 is 23.5 Å². The minimum atomic E-state index is -0.105. The zero-order chi connectivity index (χ0) is 20.0. The zero-order valence-electron chi connectivity index (χ0n) is 16.3. The molecule has 2 aromatic heterocycles. The maximum Gasteiger partial charge on any atom is 0.247 e. The van der Waals surface area contributed by atoms with Crippen molar-refractivity contribution in [2.24, 2.45) is 0 Å². The monoisotopic (exact) mass is 407 g/mol. The molecule has 0 saturated carbocycles. The summed E-state index contributed by atoms with van der Waals surface area (Å²) in [5, 5.41) is 4.37. The number of nitrogens with zero attached hydrogens (tertiary/aromatic N) is 4. The van der Waals surface area contributed by atoms with Crippen molar-refractivity contribution in [3.63, 3.8) is 0 Å². The third-order valence-corrected chi connectivity index (χ3v) is 6.32. The highest BCUT2D eigenvalue weighted by Gasteiger charge is 2.31. The van der Waals surface area contributed by atoms with Gasteiger partial charge in [0.05, 0.1) is 19.2 Å². The molecular weight excluding hydrogens is 386 g/mol. The van der Waals surface area contributed by atoms with E-state index >= 15 is 0 Å². The third-order valence-electron chi connectivity index (χ3n) is 5.14. The van der Waals surface area contributed by atoms with Crippen LogP contribution in [0.1, 0.15) is 31.9 Å². The summed E-state index contributed by atoms with van der Waals surface area (Å²) in [5.41, 5.74) is 4.28. The Morgan fingerprint density at radius 1 is 1.21 bits per heavy atom. The van der Waals surface area contributed by atoms with Gasteiger partial charge in [0.2, 0.25) is 11.5 Å². The number of nitrogens with one attached hydrogen (secondary N) is 1. The van der Waals surface area contributed by atoms with Crippen LogP contribution in [0.4, 0.5) is 5.95 Å². The Hall–Kier alpha value is -3.00. The Morgan fingerprint density at radius 3 is 2.86 bits per heavy atom. The average molecular weight is 407 g/mol. The van der Waals surface area contributed by atoms with Gasteiger partial charge in [0.25, 0.3) is 0 Å². The molecule has 0 bridgehead atoms. The maximum atomic E-state index is 11.3. The quantitative estimate of drug-likeness (QED) is 0.664. The molecule has 0 saturated heterocycles. The molecule has 0 aliphatic carbocycles. The van der Waals surface area contributed by atoms with Crippen molar-refractivity contribution in [2.75, 3.05) is 17.5 Å². The molecular formula is C21H21N5O2S. The van der Waals surface area contributed by atoms with Gasteiger partial charge in [-0.25, -0.2) is 4.68 Å². The first kappa shape index (κ1) is 18.1. The number of hydrogen-bond donors (Lipinski definition) is 1. The zero-order valence-corrected chi connectivity index (χ0v) is 17.1. The smallest absolute Gasteiger partial charge is 0.247 e. The fourth-order valence-electron chi connectivity index (χ4n) is 3.70. The van der Waals surface area contributed by atoms with E-state index in [9.17, 15) is 4.79 Å². The summed E-state index contributed by atoms with van der Waals surface area (Å²) in [5.74, 6) is 1.76. The van der Waals surface area contributed by atoms with Crippen LogP contribution in [0.25, 0.3) is 16.7 Å². The molecule has 3 aromatic rings. The third kappa shape index (κ3) is 3.23. The molecule has 148 valence electrons. The van der Waals surface area contributed by atoms with Crippen molar-refractivity contribution in [3.05, 3.63) is 63.7 Å². The number of aromatic nitrogens is 4. The molecule has 0 spiro atoms. The molecule has 5 rings (SSSR count). The van der Waals surface area contributed by atoms with Crippen LogP contribution in [0, 0.1) is 0 Å². The van der Waals surface area contributed by atoms with E-state index in [-0.39, 0.29) is 11.6 Å². The van der Waals surface area contributed by atoms with E-state index in [1.165, 1.54) is 10.5 Å². The number of aromatic amines is 1. The van der Waals surface area contributed by atoms with E-state index in [1.807, 2.05) is 10.7 Å². The molecule has 0 unspecified atom stereocenters. The fourth-order valence-corrected chi connectivity index (χ4v) is 4.83. The van der Waals surface area contributed by atoms with Crippen molar-refractivity contribution in [1.29, 1.82) is 0 Å². The maximum absolute atomic E-state index is 11.3. The lowest BCUT2D eigenvalue weighted by atomic mass is 9.99. The summed E-state index contributed by atoms with van der Waals surface area (Å²) in [4.78, 5) is 19.9. The van der Waals surface area contributed by atoms with Gasteiger partial charge in [0.15, 0.2) is 0 Å². The van der Waals surface area contributed by atoms with Crippen molar-refractivity contribution < 1.29 is 4.74 Å². The van der Waals surface area contributed by atoms with Gasteiger partial charge in [-0.2, -0.15) is 10.1 Å². The summed E-state index contributed by atoms with van der Waals surface area (Å²) in [7, 11) is 0. The number of H-pyrrole nitrogens is 1. The minimum absolute atomic E-state index is 0.105. The number of rotatable bonds is 3. The Balaban J connectivity index is 1.48. The first-order valence-corrected chi connectivity index (χ1v) is 10.4. The van der Waals surface area contributed by atoms with E-state index in [1.54, 1.807) is 30.5 Å². The van der Waals surface area contributed by atoms with Gasteiger partial charge in [-0.05, 0) is 54.6 Å². The molecule has 0 radical (unpaired) electrons. The number of ether oxygens (including phenoxy) is 1. The number of anilines is 1. The van der Waals surface area contributed by atoms with E-state index in [2.05, 4.69) is 51.4 Å². The molecule has 0 fully saturated rings. The number of fused-ring (bicyclic) bond motifs is 2. The molecule has 29 heavy (non-hydrogen) atoms. The molecule has 0 atom stereocenters. The van der Waals surface area contributed by atoms with Gasteiger partial charge in [-0.3, -0.25) is 9.10 Å². The van der Waals surface area contributed by atoms with Crippen LogP contribution < -0.4 is 14.6 Å². The first-order valence-electron chi connectivity index (χ1n) is 9.63. The first-order chi connectivity index (χ1) is 14.1. The van der Waals surface area contributed by atoms with Gasteiger partial charge < -0.3 is 9.72 Å². The van der Waals surface area contributed by atoms with Gasteiger partial charge in [-0.15, -0.1) is 0 Å². The predicted molar refractivity (Wildman–Crippen MR) is 115 cm³/mol. The van der Waals surface area contributed by atoms with Crippen molar-refractivity contribution in [2.45, 2.75) is 26.3 Å². The molecule has 2 aliphatic rings. The highest BCUT2D eigenvalue weighted by Crippen LogP contribution is 2.46. The van der Waals surface area contributed by atoms with E-state index < -0.39 is 0 Å². The van der Waals surface area contributed by atoms with Crippen LogP contribution >= 0.6 is 11.9 Å². The molecule has 8 heteroatoms. The Kier molecular flexibility index (Phi) is 4.43. The second-order valence-corrected chi connectivity index (χ2v) is 8.50. The van der Waals surface area contributed by atoms with E-state index in [0.29, 0.717) is 6.61 Å². The van der Waals surface area contributed by atoms with Crippen LogP contribution in [0.2, 0.25) is 0 Å². The summed E-state index contributed by atoms with van der Waals surface area (Å²) < 4.78 is 10.2. The lowest BCUT2D eigenvalue weighted by Crippen LogP contribution is -2.19. The summed E-state index contributed by atoms with van der Waals surface area (Å²) in [6.45, 7) is 5.62. The molecule has 1 aromatic carbocycles. The van der Waals surface area contributed by atoms with E-state index in [0.717, 1.165) is 41.4 Å². The normalized spacial score (nSPS) is 15.9. The minimum Gasteiger partial charge on any atom is -0.493 e. The van der Waals surface area contributed by atoms with Crippen LogP contribution in [-0.2, 0) is 0 Å². The van der Waals surface area contributed by atoms with Gasteiger partial charge in [0.1, 0.15) is 12.1 Å². The topological polar surface area (TPSA) is 76.0 Å². The molecule has 4 heterocycles. The number of benzene rings is 1. The standard InChI is InChI=1S/C21H21N5O2S/c1-13(2)26-21(23-12-24-26)25-11-17-16-5-3-14(15-4-6-20(27)22-10-15)9-18(16)28-8-7-19(17)29-25/h3-6,9-10,12-13H,7-8,11H2,1-2H3,(H,22,27). The van der Waals surface area contributed by atoms with Crippen molar-refractivity contribution in [3.8, 4) is 16.9 Å². The largest absolute Gasteiger partial charge is 0.493 e. The Morgan fingerprint density at radius 2 is 2.07 bits per heavy atom. The second-order valence-electron chi connectivity index (χ2n) is 7.38. The number of hydrogen-bond acceptors (Lipinski definition) is 6. The molecule has 2 aliphatic heterocycles. The molecule has 0 amide bonds. The molecule has 1 N–H and O–H groups in total. The van der Waals surface area contributed by atoms with Gasteiger partial charge in [0, 0.05) is 29.2 Å².